The standard InChI is InChI=1S/C58H80N12O16S2/c1-31(2)22-40(51(79)65-42(24-33-10-16-37(73)17-11-33)53(81)68-45(29-87)55(83)62-35(28-71)6-3-4-20-59)64-56(84)46(30-88)69-54(82)43(25-34-12-18-38(74)19-13-34)66-57(85)47-7-5-21-70(47)58(86)44(27-48(61)75)67-52(80)41(23-32-8-14-36(72)15-9-32)63-50(78)39(60)26-49(76)77/h8-19,28,31,35,39-47,72-74,87-88H,3-7,20-27,29-30,59-60H2,1-2H3,(H2,61,75)(H,62,83)(H,63,78)(H,64,84)(H,65,79)(H,66,85)(H,67,80)(H,68,81)(H,69,82)(H,76,77)/t35-,39-,40-,41-,42-,43-,44-,45-,46-,47-/m0/s1. The number of likely N-dealkylation sites (tertiary alicyclic amines) is 1. The van der Waals surface area contributed by atoms with Crippen LogP contribution in [-0.4, -0.2) is 182 Å². The Kier molecular flexibility index (Phi) is 29.4. The topological polar surface area (TPSA) is 463 Å². The highest BCUT2D eigenvalue weighted by Gasteiger charge is 2.41. The molecule has 0 saturated carbocycles. The van der Waals surface area contributed by atoms with E-state index in [4.69, 9.17) is 17.2 Å². The van der Waals surface area contributed by atoms with Gasteiger partial charge in [0.05, 0.1) is 24.9 Å². The van der Waals surface area contributed by atoms with Crippen LogP contribution in [0.5, 0.6) is 17.2 Å². The van der Waals surface area contributed by atoms with Crippen molar-refractivity contribution in [3.05, 3.63) is 89.5 Å². The fourth-order valence-corrected chi connectivity index (χ4v) is 9.90. The summed E-state index contributed by atoms with van der Waals surface area (Å²) in [6.45, 7) is 3.82. The molecular weight excluding hydrogens is 1180 g/mol. The maximum Gasteiger partial charge on any atom is 0.305 e. The predicted octanol–water partition coefficient (Wildman–Crippen LogP) is -2.39. The molecule has 1 fully saturated rings. The Balaban J connectivity index is 1.57. The minimum Gasteiger partial charge on any atom is -0.508 e. The molecule has 18 N–H and O–H groups in total. The van der Waals surface area contributed by atoms with Gasteiger partial charge >= 0.3 is 5.97 Å². The first-order chi connectivity index (χ1) is 41.7. The molecule has 0 aliphatic carbocycles. The Morgan fingerprint density at radius 1 is 0.568 bits per heavy atom. The number of aldehydes is 1. The van der Waals surface area contributed by atoms with Gasteiger partial charge in [-0.2, -0.15) is 25.3 Å². The van der Waals surface area contributed by atoms with Crippen LogP contribution >= 0.6 is 25.3 Å². The number of carbonyl (C=O) groups is 12. The van der Waals surface area contributed by atoms with Gasteiger partial charge in [-0.3, -0.25) is 52.7 Å². The number of carboxylic acids is 1. The maximum absolute atomic E-state index is 14.5. The van der Waals surface area contributed by atoms with E-state index < -0.39 is 138 Å². The van der Waals surface area contributed by atoms with Crippen molar-refractivity contribution >= 4 is 96.6 Å². The van der Waals surface area contributed by atoms with Gasteiger partial charge in [-0.25, -0.2) is 0 Å². The lowest BCUT2D eigenvalue weighted by molar-refractivity contribution is -0.143. The Hall–Kier alpha value is -8.48. The van der Waals surface area contributed by atoms with Crippen molar-refractivity contribution in [1.29, 1.82) is 0 Å². The molecule has 1 saturated heterocycles. The van der Waals surface area contributed by atoms with Crippen molar-refractivity contribution in [3.8, 4) is 17.2 Å². The summed E-state index contributed by atoms with van der Waals surface area (Å²) >= 11 is 8.58. The molecule has 0 spiro atoms. The Morgan fingerprint density at radius 3 is 1.39 bits per heavy atom. The first-order valence-electron chi connectivity index (χ1n) is 28.5. The lowest BCUT2D eigenvalue weighted by Crippen LogP contribution is -2.61. The molecule has 0 unspecified atom stereocenters. The number of carboxylic acid groups (broad SMARTS) is 1. The summed E-state index contributed by atoms with van der Waals surface area (Å²) in [5.74, 6) is -11.8. The van der Waals surface area contributed by atoms with Crippen molar-refractivity contribution in [2.45, 2.75) is 145 Å². The SMILES string of the molecule is CC(C)C[C@H](NC(=O)[C@H](CS)NC(=O)[C@H](Cc1ccc(O)cc1)NC(=O)[C@@H]1CCCN1C(=O)[C@H](CC(N)=O)NC(=O)[C@H](Cc1ccc(O)cc1)NC(=O)[C@@H](N)CC(=O)O)C(=O)N[C@@H](Cc1ccc(O)cc1)C(=O)N[C@@H](CS)C(=O)N[C@H](C=O)CCCCN. The van der Waals surface area contributed by atoms with Gasteiger partial charge in [0.1, 0.15) is 71.9 Å². The van der Waals surface area contributed by atoms with Crippen LogP contribution in [0.3, 0.4) is 0 Å². The van der Waals surface area contributed by atoms with Gasteiger partial charge in [0, 0.05) is 37.3 Å². The quantitative estimate of drug-likeness (QED) is 0.0164. The van der Waals surface area contributed by atoms with Crippen LogP contribution < -0.4 is 59.7 Å². The molecule has 1 aliphatic heterocycles. The van der Waals surface area contributed by atoms with Gasteiger partial charge in [-0.05, 0) is 104 Å². The Morgan fingerprint density at radius 2 is 0.966 bits per heavy atom. The molecule has 0 radical (unpaired) electrons. The fraction of sp³-hybridized carbons (Fsp3) is 0.483. The summed E-state index contributed by atoms with van der Waals surface area (Å²) in [7, 11) is 0. The average molecular weight is 1270 g/mol. The number of phenols is 3. The van der Waals surface area contributed by atoms with Crippen molar-refractivity contribution in [2.24, 2.45) is 23.1 Å². The van der Waals surface area contributed by atoms with E-state index in [0.717, 1.165) is 4.90 Å². The number of rotatable bonds is 36. The third-order valence-corrected chi connectivity index (χ3v) is 14.8. The number of carbonyl (C=O) groups excluding carboxylic acids is 11. The van der Waals surface area contributed by atoms with E-state index in [1.165, 1.54) is 72.8 Å². The van der Waals surface area contributed by atoms with E-state index in [1.807, 2.05) is 0 Å². The summed E-state index contributed by atoms with van der Waals surface area (Å²) in [5, 5.41) is 59.5. The van der Waals surface area contributed by atoms with Crippen molar-refractivity contribution in [3.63, 3.8) is 0 Å². The highest BCUT2D eigenvalue weighted by Crippen LogP contribution is 2.22. The van der Waals surface area contributed by atoms with Crippen LogP contribution in [0, 0.1) is 5.92 Å². The zero-order chi connectivity index (χ0) is 65.2. The number of aromatic hydroxyl groups is 3. The van der Waals surface area contributed by atoms with Gasteiger partial charge in [-0.1, -0.05) is 50.2 Å². The van der Waals surface area contributed by atoms with E-state index in [-0.39, 0.29) is 79.7 Å². The third-order valence-electron chi connectivity index (χ3n) is 14.0. The second-order valence-electron chi connectivity index (χ2n) is 21.6. The first kappa shape index (κ1) is 72.0. The molecule has 0 aromatic heterocycles. The molecule has 10 amide bonds. The van der Waals surface area contributed by atoms with E-state index in [1.54, 1.807) is 13.8 Å². The van der Waals surface area contributed by atoms with Crippen LogP contribution in [0.2, 0.25) is 0 Å². The molecule has 30 heteroatoms. The fourth-order valence-electron chi connectivity index (χ4n) is 9.38. The number of hydrogen-bond acceptors (Lipinski definition) is 19. The summed E-state index contributed by atoms with van der Waals surface area (Å²) in [6, 6.07) is 2.72. The molecule has 4 rings (SSSR count). The number of hydrogen-bond donors (Lipinski definition) is 17. The van der Waals surface area contributed by atoms with Crippen LogP contribution in [0.4, 0.5) is 0 Å². The second kappa shape index (κ2) is 36.0. The molecule has 88 heavy (non-hydrogen) atoms. The minimum atomic E-state index is -1.73. The number of nitrogens with two attached hydrogens (primary N) is 3. The van der Waals surface area contributed by atoms with Gasteiger partial charge in [-0.15, -0.1) is 0 Å². The number of benzene rings is 3. The molecule has 1 heterocycles. The van der Waals surface area contributed by atoms with Gasteiger partial charge in [0.15, 0.2) is 0 Å². The zero-order valence-electron chi connectivity index (χ0n) is 48.7. The second-order valence-corrected chi connectivity index (χ2v) is 22.4. The Bertz CT molecular complexity index is 2910. The summed E-state index contributed by atoms with van der Waals surface area (Å²) in [5.41, 5.74) is 18.2. The van der Waals surface area contributed by atoms with Crippen LogP contribution in [0.25, 0.3) is 0 Å². The van der Waals surface area contributed by atoms with E-state index in [2.05, 4.69) is 67.8 Å². The number of thiol groups is 2. The van der Waals surface area contributed by atoms with Crippen LogP contribution in [-0.2, 0) is 76.8 Å². The van der Waals surface area contributed by atoms with E-state index in [9.17, 15) is 78.0 Å². The lowest BCUT2D eigenvalue weighted by atomic mass is 10.0. The van der Waals surface area contributed by atoms with E-state index >= 15 is 0 Å². The first-order valence-corrected chi connectivity index (χ1v) is 29.7. The normalized spacial score (nSPS) is 15.9. The number of nitrogens with one attached hydrogen (secondary N) is 8. The smallest absolute Gasteiger partial charge is 0.305 e. The molecule has 28 nitrogen and oxygen atoms in total. The van der Waals surface area contributed by atoms with Crippen LogP contribution in [0.1, 0.15) is 81.9 Å². The molecule has 3 aromatic carbocycles. The number of nitrogens with zero attached hydrogens (tertiary/aromatic N) is 1. The minimum absolute atomic E-state index is 0.00233. The van der Waals surface area contributed by atoms with Crippen molar-refractivity contribution in [1.82, 2.24) is 47.4 Å². The van der Waals surface area contributed by atoms with E-state index in [0.29, 0.717) is 48.8 Å². The highest BCUT2D eigenvalue weighted by atomic mass is 32.1. The molecular formula is C58H80N12O16S2. The molecule has 3 aromatic rings. The molecule has 1 aliphatic rings. The Labute approximate surface area is 519 Å². The summed E-state index contributed by atoms with van der Waals surface area (Å²) in [4.78, 5) is 163. The zero-order valence-corrected chi connectivity index (χ0v) is 50.5. The summed E-state index contributed by atoms with van der Waals surface area (Å²) < 4.78 is 0. The van der Waals surface area contributed by atoms with Crippen molar-refractivity contribution in [2.75, 3.05) is 24.6 Å². The largest absolute Gasteiger partial charge is 0.508 e. The third kappa shape index (κ3) is 23.7. The number of phenolic OH excluding ortho intramolecular Hbond substituents is 3. The molecule has 10 atom stereocenters. The maximum atomic E-state index is 14.5. The number of aliphatic carboxylic acids is 1. The number of primary amides is 1. The van der Waals surface area contributed by atoms with Crippen molar-refractivity contribution < 1.29 is 78.0 Å². The predicted molar refractivity (Wildman–Crippen MR) is 326 cm³/mol. The van der Waals surface area contributed by atoms with Gasteiger partial charge < -0.3 is 89.9 Å². The van der Waals surface area contributed by atoms with Gasteiger partial charge in [0.2, 0.25) is 59.1 Å². The lowest BCUT2D eigenvalue weighted by Gasteiger charge is -2.31. The molecule has 480 valence electrons. The monoisotopic (exact) mass is 1260 g/mol. The average Bonchev–Trinajstić information content (AvgIpc) is 4.22. The van der Waals surface area contributed by atoms with Gasteiger partial charge in [0.25, 0.3) is 0 Å². The number of amides is 10. The highest BCUT2D eigenvalue weighted by molar-refractivity contribution is 7.80. The molecule has 0 bridgehead atoms. The number of unbranched alkanes of at least 4 members (excludes halogenated alkanes) is 1. The summed E-state index contributed by atoms with van der Waals surface area (Å²) in [6.07, 6.45) is -0.0279. The van der Waals surface area contributed by atoms with Crippen LogP contribution in [0.15, 0.2) is 72.8 Å².